The topological polar surface area (TPSA) is 49.3 Å². The Bertz CT molecular complexity index is 185. The van der Waals surface area contributed by atoms with Gasteiger partial charge in [-0.2, -0.15) is 0 Å². The van der Waals surface area contributed by atoms with E-state index in [0.29, 0.717) is 0 Å². The zero-order valence-corrected chi connectivity index (χ0v) is 7.92. The van der Waals surface area contributed by atoms with Crippen LogP contribution < -0.4 is 5.32 Å². The summed E-state index contributed by atoms with van der Waals surface area (Å²) in [5.74, 6) is -0.585. The number of aliphatic carboxylic acids is 1. The summed E-state index contributed by atoms with van der Waals surface area (Å²) in [4.78, 5) is 10.8. The molecule has 0 aromatic rings. The van der Waals surface area contributed by atoms with Crippen LogP contribution in [0.5, 0.6) is 0 Å². The van der Waals surface area contributed by atoms with Crippen molar-refractivity contribution in [1.82, 2.24) is 5.32 Å². The van der Waals surface area contributed by atoms with Crippen LogP contribution in [-0.2, 0) is 4.79 Å². The van der Waals surface area contributed by atoms with Crippen molar-refractivity contribution in [1.29, 1.82) is 0 Å². The lowest BCUT2D eigenvalue weighted by Gasteiger charge is -2.22. The summed E-state index contributed by atoms with van der Waals surface area (Å²) in [5, 5.41) is 12.0. The molecule has 1 aliphatic carbocycles. The normalized spacial score (nSPS) is 22.3. The van der Waals surface area contributed by atoms with E-state index in [9.17, 15) is 4.79 Å². The molecule has 2 N–H and O–H groups in total. The van der Waals surface area contributed by atoms with Crippen LogP contribution in [0.1, 0.15) is 33.6 Å². The molecule has 1 atom stereocenters. The molecule has 1 saturated carbocycles. The van der Waals surface area contributed by atoms with Crippen molar-refractivity contribution in [2.75, 3.05) is 0 Å². The monoisotopic (exact) mass is 171 g/mol. The van der Waals surface area contributed by atoms with Crippen LogP contribution in [-0.4, -0.2) is 22.7 Å². The highest BCUT2D eigenvalue weighted by Crippen LogP contribution is 2.35. The Balaban J connectivity index is 2.49. The van der Waals surface area contributed by atoms with Gasteiger partial charge >= 0.3 is 5.97 Å². The number of nitrogens with one attached hydrogen (secondary N) is 1. The molecule has 70 valence electrons. The minimum atomic E-state index is -0.738. The Morgan fingerprint density at radius 2 is 2.00 bits per heavy atom. The standard InChI is InChI=1S/C9H17NO2/c1-6(2)7(8(11)12)10-9(3)4-5-9/h6-7,10H,4-5H2,1-3H3,(H,11,12). The van der Waals surface area contributed by atoms with Gasteiger partial charge in [-0.1, -0.05) is 13.8 Å². The highest BCUT2D eigenvalue weighted by atomic mass is 16.4. The zero-order valence-electron chi connectivity index (χ0n) is 7.92. The number of rotatable bonds is 4. The fraction of sp³-hybridized carbons (Fsp3) is 0.889. The zero-order chi connectivity index (χ0) is 9.35. The molecule has 0 saturated heterocycles. The molecule has 1 fully saturated rings. The molecule has 0 amide bonds. The summed E-state index contributed by atoms with van der Waals surface area (Å²) >= 11 is 0. The SMILES string of the molecule is CC(C)C(NC1(C)CC1)C(=O)O. The van der Waals surface area contributed by atoms with Crippen molar-refractivity contribution in [2.24, 2.45) is 5.92 Å². The molecule has 1 unspecified atom stereocenters. The van der Waals surface area contributed by atoms with Crippen LogP contribution in [0.25, 0.3) is 0 Å². The van der Waals surface area contributed by atoms with E-state index in [1.807, 2.05) is 13.8 Å². The van der Waals surface area contributed by atoms with Gasteiger partial charge in [0.2, 0.25) is 0 Å². The second-order valence-electron chi connectivity index (χ2n) is 4.26. The fourth-order valence-corrected chi connectivity index (χ4v) is 1.22. The summed E-state index contributed by atoms with van der Waals surface area (Å²) < 4.78 is 0. The number of carboxylic acid groups (broad SMARTS) is 1. The third kappa shape index (κ3) is 2.21. The van der Waals surface area contributed by atoms with E-state index in [0.717, 1.165) is 12.8 Å². The van der Waals surface area contributed by atoms with Crippen LogP contribution in [0.15, 0.2) is 0 Å². The third-order valence-electron chi connectivity index (χ3n) is 2.44. The van der Waals surface area contributed by atoms with Crippen molar-refractivity contribution in [3.05, 3.63) is 0 Å². The average molecular weight is 171 g/mol. The molecule has 0 aromatic carbocycles. The van der Waals surface area contributed by atoms with Crippen LogP contribution in [0, 0.1) is 5.92 Å². The van der Waals surface area contributed by atoms with Gasteiger partial charge in [0.1, 0.15) is 6.04 Å². The quantitative estimate of drug-likeness (QED) is 0.669. The first-order valence-electron chi connectivity index (χ1n) is 4.45. The fourth-order valence-electron chi connectivity index (χ4n) is 1.22. The van der Waals surface area contributed by atoms with E-state index in [1.165, 1.54) is 0 Å². The first kappa shape index (κ1) is 9.52. The van der Waals surface area contributed by atoms with Gasteiger partial charge in [-0.3, -0.25) is 10.1 Å². The molecule has 3 nitrogen and oxygen atoms in total. The van der Waals surface area contributed by atoms with Gasteiger partial charge in [0.15, 0.2) is 0 Å². The summed E-state index contributed by atoms with van der Waals surface area (Å²) in [7, 11) is 0. The molecule has 0 aromatic heterocycles. The number of hydrogen-bond acceptors (Lipinski definition) is 2. The Hall–Kier alpha value is -0.570. The first-order chi connectivity index (χ1) is 5.44. The Kier molecular flexibility index (Phi) is 2.42. The summed E-state index contributed by atoms with van der Waals surface area (Å²) in [6, 6.07) is -0.391. The molecular formula is C9H17NO2. The Morgan fingerprint density at radius 3 is 2.25 bits per heavy atom. The third-order valence-corrected chi connectivity index (χ3v) is 2.44. The van der Waals surface area contributed by atoms with Crippen molar-refractivity contribution < 1.29 is 9.90 Å². The lowest BCUT2D eigenvalue weighted by atomic mass is 10.0. The van der Waals surface area contributed by atoms with Crippen molar-refractivity contribution >= 4 is 5.97 Å². The lowest BCUT2D eigenvalue weighted by molar-refractivity contribution is -0.141. The molecule has 0 spiro atoms. The highest BCUT2D eigenvalue weighted by molar-refractivity contribution is 5.74. The van der Waals surface area contributed by atoms with Gasteiger partial charge in [0.25, 0.3) is 0 Å². The van der Waals surface area contributed by atoms with Crippen molar-refractivity contribution in [3.63, 3.8) is 0 Å². The molecule has 0 radical (unpaired) electrons. The van der Waals surface area contributed by atoms with Gasteiger partial charge in [0, 0.05) is 5.54 Å². The van der Waals surface area contributed by atoms with E-state index < -0.39 is 12.0 Å². The van der Waals surface area contributed by atoms with Crippen molar-refractivity contribution in [3.8, 4) is 0 Å². The molecule has 1 aliphatic rings. The van der Waals surface area contributed by atoms with E-state index in [4.69, 9.17) is 5.11 Å². The van der Waals surface area contributed by atoms with Crippen LogP contribution in [0.4, 0.5) is 0 Å². The Labute approximate surface area is 73.2 Å². The van der Waals surface area contributed by atoms with Gasteiger partial charge in [-0.25, -0.2) is 0 Å². The second-order valence-corrected chi connectivity index (χ2v) is 4.26. The van der Waals surface area contributed by atoms with Crippen molar-refractivity contribution in [2.45, 2.75) is 45.2 Å². The first-order valence-corrected chi connectivity index (χ1v) is 4.45. The van der Waals surface area contributed by atoms with Gasteiger partial charge in [-0.05, 0) is 25.7 Å². The summed E-state index contributed by atoms with van der Waals surface area (Å²) in [6.45, 7) is 5.93. The van der Waals surface area contributed by atoms with Crippen LogP contribution in [0.3, 0.4) is 0 Å². The molecule has 12 heavy (non-hydrogen) atoms. The Morgan fingerprint density at radius 1 is 1.50 bits per heavy atom. The lowest BCUT2D eigenvalue weighted by Crippen LogP contribution is -2.46. The molecule has 1 rings (SSSR count). The molecule has 3 heteroatoms. The molecular weight excluding hydrogens is 154 g/mol. The smallest absolute Gasteiger partial charge is 0.320 e. The van der Waals surface area contributed by atoms with Gasteiger partial charge in [0.05, 0.1) is 0 Å². The van der Waals surface area contributed by atoms with E-state index >= 15 is 0 Å². The number of carboxylic acids is 1. The summed E-state index contributed by atoms with van der Waals surface area (Å²) in [6.07, 6.45) is 2.20. The average Bonchev–Trinajstić information content (AvgIpc) is 2.63. The minimum Gasteiger partial charge on any atom is -0.480 e. The van der Waals surface area contributed by atoms with Crippen LogP contribution >= 0.6 is 0 Å². The maximum Gasteiger partial charge on any atom is 0.320 e. The maximum absolute atomic E-state index is 10.8. The van der Waals surface area contributed by atoms with E-state index in [-0.39, 0.29) is 11.5 Å². The maximum atomic E-state index is 10.8. The highest BCUT2D eigenvalue weighted by Gasteiger charge is 2.41. The largest absolute Gasteiger partial charge is 0.480 e. The van der Waals surface area contributed by atoms with E-state index in [1.54, 1.807) is 0 Å². The molecule has 0 bridgehead atoms. The summed E-state index contributed by atoms with van der Waals surface area (Å²) in [5.41, 5.74) is 0.104. The molecule has 0 aliphatic heterocycles. The number of carbonyl (C=O) groups is 1. The van der Waals surface area contributed by atoms with Crippen LogP contribution in [0.2, 0.25) is 0 Å². The predicted octanol–water partition coefficient (Wildman–Crippen LogP) is 1.24. The molecule has 0 heterocycles. The van der Waals surface area contributed by atoms with Gasteiger partial charge < -0.3 is 5.11 Å². The van der Waals surface area contributed by atoms with Gasteiger partial charge in [-0.15, -0.1) is 0 Å². The van der Waals surface area contributed by atoms with E-state index in [2.05, 4.69) is 12.2 Å². The minimum absolute atomic E-state index is 0.104. The number of hydrogen-bond donors (Lipinski definition) is 2. The predicted molar refractivity (Wildman–Crippen MR) is 47.0 cm³/mol. The second kappa shape index (κ2) is 3.05.